The van der Waals surface area contributed by atoms with Gasteiger partial charge in [0.15, 0.2) is 11.6 Å². The molecule has 0 spiro atoms. The minimum Gasteiger partial charge on any atom is -0.477 e. The van der Waals surface area contributed by atoms with Crippen LogP contribution in [0.2, 0.25) is 0 Å². The van der Waals surface area contributed by atoms with Crippen LogP contribution < -0.4 is 4.74 Å². The van der Waals surface area contributed by atoms with E-state index in [0.29, 0.717) is 6.07 Å². The van der Waals surface area contributed by atoms with Gasteiger partial charge in [-0.2, -0.15) is 5.10 Å². The van der Waals surface area contributed by atoms with Crippen LogP contribution >= 0.6 is 0 Å². The summed E-state index contributed by atoms with van der Waals surface area (Å²) in [7, 11) is 1.47. The molecule has 0 aliphatic rings. The highest BCUT2D eigenvalue weighted by Gasteiger charge is 2.22. The number of carboxylic acid groups (broad SMARTS) is 1. The fourth-order valence-electron chi connectivity index (χ4n) is 1.66. The summed E-state index contributed by atoms with van der Waals surface area (Å²) >= 11 is 0. The number of carboxylic acids is 1. The molecule has 1 aromatic carbocycles. The number of halogens is 2. The van der Waals surface area contributed by atoms with E-state index in [2.05, 4.69) is 5.10 Å². The Hall–Kier alpha value is -2.44. The number of aromatic carboxylic acids is 1. The van der Waals surface area contributed by atoms with Crippen LogP contribution in [0.5, 0.6) is 11.6 Å². The second-order valence-corrected chi connectivity index (χ2v) is 3.87. The molecule has 7 heteroatoms. The zero-order valence-corrected chi connectivity index (χ0v) is 10.1. The van der Waals surface area contributed by atoms with E-state index in [4.69, 9.17) is 9.84 Å². The third-order valence-corrected chi connectivity index (χ3v) is 2.48. The summed E-state index contributed by atoms with van der Waals surface area (Å²) in [4.78, 5) is 11.1. The lowest BCUT2D eigenvalue weighted by molar-refractivity contribution is 0.0693. The number of hydrogen-bond donors (Lipinski definition) is 1. The molecule has 1 aromatic heterocycles. The van der Waals surface area contributed by atoms with Crippen molar-refractivity contribution in [2.75, 3.05) is 0 Å². The van der Waals surface area contributed by atoms with E-state index >= 15 is 0 Å². The Kier molecular flexibility index (Phi) is 3.20. The molecule has 19 heavy (non-hydrogen) atoms. The lowest BCUT2D eigenvalue weighted by Crippen LogP contribution is -2.02. The van der Waals surface area contributed by atoms with Gasteiger partial charge in [0.2, 0.25) is 5.88 Å². The van der Waals surface area contributed by atoms with Gasteiger partial charge in [-0.05, 0) is 19.1 Å². The summed E-state index contributed by atoms with van der Waals surface area (Å²) in [5.41, 5.74) is 0.0822. The second kappa shape index (κ2) is 4.68. The molecule has 0 bridgehead atoms. The standard InChI is InChI=1S/C12H10F2N2O3/c1-6-10(12(17)18)11(16(2)15-6)19-9-4-3-7(13)5-8(9)14/h3-5H,1-2H3,(H,17,18). The van der Waals surface area contributed by atoms with E-state index in [0.717, 1.165) is 12.1 Å². The van der Waals surface area contributed by atoms with Gasteiger partial charge in [-0.25, -0.2) is 18.3 Å². The van der Waals surface area contributed by atoms with Crippen molar-refractivity contribution in [3.8, 4) is 11.6 Å². The van der Waals surface area contributed by atoms with Gasteiger partial charge in [0, 0.05) is 13.1 Å². The highest BCUT2D eigenvalue weighted by atomic mass is 19.1. The molecule has 0 aliphatic heterocycles. The summed E-state index contributed by atoms with van der Waals surface area (Å²) in [5, 5.41) is 13.0. The molecular weight excluding hydrogens is 258 g/mol. The largest absolute Gasteiger partial charge is 0.477 e. The third-order valence-electron chi connectivity index (χ3n) is 2.48. The van der Waals surface area contributed by atoms with Gasteiger partial charge in [-0.3, -0.25) is 0 Å². The van der Waals surface area contributed by atoms with Gasteiger partial charge >= 0.3 is 5.97 Å². The van der Waals surface area contributed by atoms with Crippen molar-refractivity contribution in [3.63, 3.8) is 0 Å². The van der Waals surface area contributed by atoms with Crippen LogP contribution in [0.1, 0.15) is 16.1 Å². The Bertz CT molecular complexity index is 653. The molecule has 0 saturated carbocycles. The highest BCUT2D eigenvalue weighted by molar-refractivity contribution is 5.91. The zero-order valence-electron chi connectivity index (χ0n) is 10.1. The molecule has 0 unspecified atom stereocenters. The number of rotatable bonds is 3. The number of benzene rings is 1. The van der Waals surface area contributed by atoms with Gasteiger partial charge in [0.1, 0.15) is 11.4 Å². The number of ether oxygens (including phenoxy) is 1. The third kappa shape index (κ3) is 2.40. The minimum absolute atomic E-state index is 0.115. The maximum Gasteiger partial charge on any atom is 0.343 e. The predicted molar refractivity (Wildman–Crippen MR) is 61.3 cm³/mol. The number of hydrogen-bond acceptors (Lipinski definition) is 3. The van der Waals surface area contributed by atoms with Crippen molar-refractivity contribution in [1.29, 1.82) is 0 Å². The molecule has 2 aromatic rings. The Morgan fingerprint density at radius 2 is 2.11 bits per heavy atom. The van der Waals surface area contributed by atoms with E-state index in [1.165, 1.54) is 18.7 Å². The summed E-state index contributed by atoms with van der Waals surface area (Å²) in [6.07, 6.45) is 0. The number of nitrogens with zero attached hydrogens (tertiary/aromatic N) is 2. The summed E-state index contributed by atoms with van der Waals surface area (Å²) in [6.45, 7) is 1.50. The lowest BCUT2D eigenvalue weighted by atomic mass is 10.2. The Labute approximate surface area is 107 Å². The van der Waals surface area contributed by atoms with Gasteiger partial charge in [-0.1, -0.05) is 0 Å². The predicted octanol–water partition coefficient (Wildman–Crippen LogP) is 2.50. The molecule has 2 rings (SSSR count). The topological polar surface area (TPSA) is 64.4 Å². The maximum absolute atomic E-state index is 13.5. The lowest BCUT2D eigenvalue weighted by Gasteiger charge is -2.07. The first-order chi connectivity index (χ1) is 8.90. The Morgan fingerprint density at radius 3 is 2.68 bits per heavy atom. The quantitative estimate of drug-likeness (QED) is 0.928. The van der Waals surface area contributed by atoms with E-state index in [1.807, 2.05) is 0 Å². The molecule has 1 heterocycles. The fourth-order valence-corrected chi connectivity index (χ4v) is 1.66. The van der Waals surface area contributed by atoms with Crippen LogP contribution in [0.25, 0.3) is 0 Å². The number of aromatic nitrogens is 2. The zero-order chi connectivity index (χ0) is 14.2. The normalized spacial score (nSPS) is 10.5. The average Bonchev–Trinajstić information content (AvgIpc) is 2.57. The summed E-state index contributed by atoms with van der Waals surface area (Å²) in [5.74, 6) is -3.29. The van der Waals surface area contributed by atoms with Crippen LogP contribution in [0.4, 0.5) is 8.78 Å². The monoisotopic (exact) mass is 268 g/mol. The molecule has 0 fully saturated rings. The first-order valence-corrected chi connectivity index (χ1v) is 5.30. The van der Waals surface area contributed by atoms with E-state index in [1.54, 1.807) is 0 Å². The van der Waals surface area contributed by atoms with E-state index in [-0.39, 0.29) is 22.9 Å². The molecule has 0 radical (unpaired) electrons. The van der Waals surface area contributed by atoms with Gasteiger partial charge in [-0.15, -0.1) is 0 Å². The van der Waals surface area contributed by atoms with Crippen LogP contribution in [0, 0.1) is 18.6 Å². The van der Waals surface area contributed by atoms with Crippen LogP contribution in [-0.4, -0.2) is 20.9 Å². The SMILES string of the molecule is Cc1nn(C)c(Oc2ccc(F)cc2F)c1C(=O)O. The summed E-state index contributed by atoms with van der Waals surface area (Å²) < 4.78 is 32.6. The van der Waals surface area contributed by atoms with Crippen LogP contribution in [-0.2, 0) is 7.05 Å². The van der Waals surface area contributed by atoms with E-state index in [9.17, 15) is 13.6 Å². The fraction of sp³-hybridized carbons (Fsp3) is 0.167. The van der Waals surface area contributed by atoms with Crippen molar-refractivity contribution in [2.24, 2.45) is 7.05 Å². The van der Waals surface area contributed by atoms with Crippen molar-refractivity contribution in [2.45, 2.75) is 6.92 Å². The first-order valence-electron chi connectivity index (χ1n) is 5.30. The second-order valence-electron chi connectivity index (χ2n) is 3.87. The van der Waals surface area contributed by atoms with E-state index < -0.39 is 17.6 Å². The van der Waals surface area contributed by atoms with Crippen molar-refractivity contribution in [1.82, 2.24) is 9.78 Å². The first kappa shape index (κ1) is 13.0. The van der Waals surface area contributed by atoms with Crippen molar-refractivity contribution >= 4 is 5.97 Å². The molecule has 0 amide bonds. The molecule has 0 aliphatic carbocycles. The van der Waals surface area contributed by atoms with Crippen molar-refractivity contribution in [3.05, 3.63) is 41.1 Å². The molecule has 0 atom stereocenters. The highest BCUT2D eigenvalue weighted by Crippen LogP contribution is 2.29. The minimum atomic E-state index is -1.23. The maximum atomic E-state index is 13.5. The Morgan fingerprint density at radius 1 is 1.42 bits per heavy atom. The molecule has 5 nitrogen and oxygen atoms in total. The molecule has 1 N–H and O–H groups in total. The number of aryl methyl sites for hydroxylation is 2. The average molecular weight is 268 g/mol. The number of carbonyl (C=O) groups is 1. The van der Waals surface area contributed by atoms with Gasteiger partial charge in [0.25, 0.3) is 0 Å². The van der Waals surface area contributed by atoms with Gasteiger partial charge in [0.05, 0.1) is 5.69 Å². The van der Waals surface area contributed by atoms with Crippen molar-refractivity contribution < 1.29 is 23.4 Å². The Balaban J connectivity index is 2.46. The van der Waals surface area contributed by atoms with Crippen LogP contribution in [0.15, 0.2) is 18.2 Å². The molecule has 100 valence electrons. The molecule has 0 saturated heterocycles. The van der Waals surface area contributed by atoms with Crippen LogP contribution in [0.3, 0.4) is 0 Å². The summed E-state index contributed by atoms with van der Waals surface area (Å²) in [6, 6.07) is 2.75. The van der Waals surface area contributed by atoms with Gasteiger partial charge < -0.3 is 9.84 Å². The molecular formula is C12H10F2N2O3. The smallest absolute Gasteiger partial charge is 0.343 e.